The van der Waals surface area contributed by atoms with E-state index in [1.807, 2.05) is 0 Å². The van der Waals surface area contributed by atoms with Crippen LogP contribution >= 0.6 is 0 Å². The molecule has 3 heteroatoms. The van der Waals surface area contributed by atoms with Crippen molar-refractivity contribution in [2.24, 2.45) is 11.7 Å². The van der Waals surface area contributed by atoms with E-state index >= 15 is 0 Å². The lowest BCUT2D eigenvalue weighted by Crippen LogP contribution is -2.45. The summed E-state index contributed by atoms with van der Waals surface area (Å²) in [6.07, 6.45) is 3.58. The summed E-state index contributed by atoms with van der Waals surface area (Å²) in [5.41, 5.74) is 5.18. The zero-order chi connectivity index (χ0) is 7.14. The number of hydrogen-bond acceptors (Lipinski definition) is 2. The third-order valence-electron chi connectivity index (χ3n) is 2.67. The van der Waals surface area contributed by atoms with Crippen molar-refractivity contribution >= 4 is 5.91 Å². The average Bonchev–Trinajstić information content (AvgIpc) is 2.44. The maximum Gasteiger partial charge on any atom is 0.234 e. The SMILES string of the molecule is NC(=O)C1N[C@H]2CC[C@@H]1C2. The molecule has 0 spiro atoms. The third-order valence-corrected chi connectivity index (χ3v) is 2.67. The first-order valence-electron chi connectivity index (χ1n) is 3.83. The predicted octanol–water partition coefficient (Wildman–Crippen LogP) is -0.388. The molecule has 56 valence electrons. The first-order chi connectivity index (χ1) is 4.77. The molecular weight excluding hydrogens is 128 g/mol. The van der Waals surface area contributed by atoms with Crippen LogP contribution < -0.4 is 11.1 Å². The van der Waals surface area contributed by atoms with Gasteiger partial charge in [0.1, 0.15) is 0 Å². The van der Waals surface area contributed by atoms with Crippen LogP contribution in [0.4, 0.5) is 0 Å². The Labute approximate surface area is 60.0 Å². The average molecular weight is 140 g/mol. The second kappa shape index (κ2) is 1.95. The Bertz CT molecular complexity index is 169. The fourth-order valence-corrected chi connectivity index (χ4v) is 2.17. The van der Waals surface area contributed by atoms with Gasteiger partial charge < -0.3 is 11.1 Å². The van der Waals surface area contributed by atoms with Crippen molar-refractivity contribution in [1.29, 1.82) is 0 Å². The van der Waals surface area contributed by atoms with Crippen molar-refractivity contribution in [2.45, 2.75) is 31.3 Å². The Hall–Kier alpha value is -0.570. The van der Waals surface area contributed by atoms with Gasteiger partial charge in [0.05, 0.1) is 6.04 Å². The Kier molecular flexibility index (Phi) is 1.20. The first-order valence-corrected chi connectivity index (χ1v) is 3.83. The normalized spacial score (nSPS) is 44.2. The number of primary amides is 1. The zero-order valence-corrected chi connectivity index (χ0v) is 5.84. The van der Waals surface area contributed by atoms with Crippen LogP contribution in [0.1, 0.15) is 19.3 Å². The van der Waals surface area contributed by atoms with Crippen molar-refractivity contribution in [2.75, 3.05) is 0 Å². The summed E-state index contributed by atoms with van der Waals surface area (Å²) < 4.78 is 0. The van der Waals surface area contributed by atoms with E-state index in [4.69, 9.17) is 5.73 Å². The van der Waals surface area contributed by atoms with Crippen LogP contribution in [0.15, 0.2) is 0 Å². The molecule has 3 N–H and O–H groups in total. The number of carbonyl (C=O) groups is 1. The number of piperidine rings is 1. The molecular formula is C7H12N2O. The molecule has 1 aliphatic heterocycles. The molecule has 1 saturated carbocycles. The summed E-state index contributed by atoms with van der Waals surface area (Å²) in [7, 11) is 0. The number of hydrogen-bond donors (Lipinski definition) is 2. The predicted molar refractivity (Wildman–Crippen MR) is 37.2 cm³/mol. The highest BCUT2D eigenvalue weighted by Crippen LogP contribution is 2.34. The third kappa shape index (κ3) is 0.736. The van der Waals surface area contributed by atoms with Crippen molar-refractivity contribution < 1.29 is 4.79 Å². The zero-order valence-electron chi connectivity index (χ0n) is 5.84. The highest BCUT2D eigenvalue weighted by molar-refractivity contribution is 5.80. The van der Waals surface area contributed by atoms with Gasteiger partial charge in [0.25, 0.3) is 0 Å². The summed E-state index contributed by atoms with van der Waals surface area (Å²) >= 11 is 0. The molecule has 0 aromatic carbocycles. The molecule has 1 unspecified atom stereocenters. The molecule has 0 radical (unpaired) electrons. The van der Waals surface area contributed by atoms with E-state index in [-0.39, 0.29) is 11.9 Å². The quantitative estimate of drug-likeness (QED) is 0.521. The highest BCUT2D eigenvalue weighted by Gasteiger charge is 2.41. The van der Waals surface area contributed by atoms with Crippen LogP contribution in [-0.2, 0) is 4.79 Å². The largest absolute Gasteiger partial charge is 0.368 e. The molecule has 2 bridgehead atoms. The van der Waals surface area contributed by atoms with Gasteiger partial charge in [-0.3, -0.25) is 4.79 Å². The topological polar surface area (TPSA) is 55.1 Å². The van der Waals surface area contributed by atoms with E-state index in [2.05, 4.69) is 5.32 Å². The monoisotopic (exact) mass is 140 g/mol. The fourth-order valence-electron chi connectivity index (χ4n) is 2.17. The fraction of sp³-hybridized carbons (Fsp3) is 0.857. The van der Waals surface area contributed by atoms with E-state index in [9.17, 15) is 4.79 Å². The van der Waals surface area contributed by atoms with E-state index in [1.54, 1.807) is 0 Å². The molecule has 0 aromatic rings. The summed E-state index contributed by atoms with van der Waals surface area (Å²) in [4.78, 5) is 10.8. The van der Waals surface area contributed by atoms with Crippen molar-refractivity contribution in [3.63, 3.8) is 0 Å². The lowest BCUT2D eigenvalue weighted by Gasteiger charge is -2.19. The van der Waals surface area contributed by atoms with E-state index in [1.165, 1.54) is 12.8 Å². The lowest BCUT2D eigenvalue weighted by atomic mass is 10.00. The molecule has 1 amide bonds. The Morgan fingerprint density at radius 3 is 2.60 bits per heavy atom. The number of nitrogens with two attached hydrogens (primary N) is 1. The van der Waals surface area contributed by atoms with Gasteiger partial charge in [0, 0.05) is 6.04 Å². The minimum atomic E-state index is -0.174. The summed E-state index contributed by atoms with van der Waals surface area (Å²) in [6.45, 7) is 0. The summed E-state index contributed by atoms with van der Waals surface area (Å²) in [6, 6.07) is 0.571. The molecule has 1 heterocycles. The number of rotatable bonds is 1. The highest BCUT2D eigenvalue weighted by atomic mass is 16.1. The molecule has 2 aliphatic rings. The lowest BCUT2D eigenvalue weighted by molar-refractivity contribution is -0.120. The second-order valence-corrected chi connectivity index (χ2v) is 3.32. The molecule has 10 heavy (non-hydrogen) atoms. The first kappa shape index (κ1) is 6.16. The van der Waals surface area contributed by atoms with Crippen molar-refractivity contribution in [3.05, 3.63) is 0 Å². The maximum absolute atomic E-state index is 10.8. The summed E-state index contributed by atoms with van der Waals surface area (Å²) in [5, 5.41) is 3.22. The van der Waals surface area contributed by atoms with E-state index in [0.717, 1.165) is 6.42 Å². The van der Waals surface area contributed by atoms with Gasteiger partial charge in [-0.2, -0.15) is 0 Å². The van der Waals surface area contributed by atoms with Gasteiger partial charge >= 0.3 is 0 Å². The minimum absolute atomic E-state index is 0.0150. The number of amides is 1. The Balaban J connectivity index is 2.08. The summed E-state index contributed by atoms with van der Waals surface area (Å²) in [5.74, 6) is 0.370. The van der Waals surface area contributed by atoms with Crippen LogP contribution in [0.5, 0.6) is 0 Å². The van der Waals surface area contributed by atoms with Gasteiger partial charge in [-0.05, 0) is 25.2 Å². The standard InChI is InChI=1S/C7H12N2O/c8-7(10)6-4-1-2-5(3-4)9-6/h4-6,9H,1-3H2,(H2,8,10)/t4-,5+,6?/m1/s1. The second-order valence-electron chi connectivity index (χ2n) is 3.32. The Morgan fingerprint density at radius 2 is 2.30 bits per heavy atom. The van der Waals surface area contributed by atoms with Crippen LogP contribution in [0.3, 0.4) is 0 Å². The number of nitrogens with one attached hydrogen (secondary N) is 1. The van der Waals surface area contributed by atoms with E-state index < -0.39 is 0 Å². The molecule has 3 nitrogen and oxygen atoms in total. The molecule has 2 rings (SSSR count). The van der Waals surface area contributed by atoms with Gasteiger partial charge in [-0.15, -0.1) is 0 Å². The Morgan fingerprint density at radius 1 is 1.50 bits per heavy atom. The molecule has 1 saturated heterocycles. The van der Waals surface area contributed by atoms with Gasteiger partial charge in [0.2, 0.25) is 5.91 Å². The van der Waals surface area contributed by atoms with Gasteiger partial charge in [-0.1, -0.05) is 0 Å². The maximum atomic E-state index is 10.8. The molecule has 0 aromatic heterocycles. The van der Waals surface area contributed by atoms with Crippen LogP contribution in [-0.4, -0.2) is 18.0 Å². The minimum Gasteiger partial charge on any atom is -0.368 e. The van der Waals surface area contributed by atoms with Crippen LogP contribution in [0, 0.1) is 5.92 Å². The van der Waals surface area contributed by atoms with Crippen LogP contribution in [0.2, 0.25) is 0 Å². The van der Waals surface area contributed by atoms with Crippen molar-refractivity contribution in [1.82, 2.24) is 5.32 Å². The van der Waals surface area contributed by atoms with Crippen LogP contribution in [0.25, 0.3) is 0 Å². The van der Waals surface area contributed by atoms with Gasteiger partial charge in [-0.25, -0.2) is 0 Å². The van der Waals surface area contributed by atoms with E-state index in [0.29, 0.717) is 12.0 Å². The molecule has 2 fully saturated rings. The number of fused-ring (bicyclic) bond motifs is 2. The molecule has 1 aliphatic carbocycles. The molecule has 3 atom stereocenters. The van der Waals surface area contributed by atoms with Gasteiger partial charge in [0.15, 0.2) is 0 Å². The van der Waals surface area contributed by atoms with Crippen molar-refractivity contribution in [3.8, 4) is 0 Å². The number of carbonyl (C=O) groups excluding carboxylic acids is 1. The smallest absolute Gasteiger partial charge is 0.234 e.